The second-order valence-corrected chi connectivity index (χ2v) is 4.66. The van der Waals surface area contributed by atoms with E-state index in [0.29, 0.717) is 17.8 Å². The van der Waals surface area contributed by atoms with Crippen LogP contribution in [0.3, 0.4) is 0 Å². The quantitative estimate of drug-likeness (QED) is 0.717. The van der Waals surface area contributed by atoms with Crippen LogP contribution in [0.2, 0.25) is 0 Å². The molecule has 102 valence electrons. The lowest BCUT2D eigenvalue weighted by molar-refractivity contribution is 1.10. The van der Waals surface area contributed by atoms with Crippen molar-refractivity contribution in [2.75, 3.05) is 11.1 Å². The molecule has 0 aliphatic rings. The molecule has 0 amide bonds. The van der Waals surface area contributed by atoms with E-state index in [2.05, 4.69) is 21.4 Å². The Morgan fingerprint density at radius 3 is 2.90 bits per heavy atom. The number of nitriles is 1. The van der Waals surface area contributed by atoms with Gasteiger partial charge in [0.1, 0.15) is 12.1 Å². The van der Waals surface area contributed by atoms with Crippen LogP contribution < -0.4 is 11.1 Å². The lowest BCUT2D eigenvalue weighted by atomic mass is 10.1. The molecule has 1 aromatic heterocycles. The van der Waals surface area contributed by atoms with Gasteiger partial charge >= 0.3 is 0 Å². The molecule has 1 heterocycles. The minimum atomic E-state index is 0.580. The van der Waals surface area contributed by atoms with E-state index < -0.39 is 0 Å². The van der Waals surface area contributed by atoms with Gasteiger partial charge < -0.3 is 11.1 Å². The molecule has 2 aromatic carbocycles. The van der Waals surface area contributed by atoms with Crippen molar-refractivity contribution < 1.29 is 0 Å². The zero-order valence-electron chi connectivity index (χ0n) is 11.2. The third kappa shape index (κ3) is 2.74. The standard InChI is InChI=1S/C16H13N5/c17-8-11-2-1-3-12(6-11)9-19-16-14-7-13(18)4-5-15(14)20-10-21-16/h1-7,10H,9,18H2,(H,19,20,21). The molecule has 0 atom stereocenters. The summed E-state index contributed by atoms with van der Waals surface area (Å²) < 4.78 is 0. The van der Waals surface area contributed by atoms with Crippen LogP contribution in [-0.4, -0.2) is 9.97 Å². The third-order valence-electron chi connectivity index (χ3n) is 3.18. The summed E-state index contributed by atoms with van der Waals surface area (Å²) in [4.78, 5) is 8.48. The van der Waals surface area contributed by atoms with Gasteiger partial charge in [-0.3, -0.25) is 0 Å². The van der Waals surface area contributed by atoms with Gasteiger partial charge in [0.05, 0.1) is 17.1 Å². The number of nitrogens with two attached hydrogens (primary N) is 1. The van der Waals surface area contributed by atoms with Gasteiger partial charge in [0.15, 0.2) is 0 Å². The van der Waals surface area contributed by atoms with Gasteiger partial charge in [-0.15, -0.1) is 0 Å². The van der Waals surface area contributed by atoms with Crippen molar-refractivity contribution in [1.29, 1.82) is 5.26 Å². The highest BCUT2D eigenvalue weighted by molar-refractivity contribution is 5.91. The summed E-state index contributed by atoms with van der Waals surface area (Å²) in [7, 11) is 0. The van der Waals surface area contributed by atoms with E-state index in [4.69, 9.17) is 11.0 Å². The molecule has 5 nitrogen and oxygen atoms in total. The second-order valence-electron chi connectivity index (χ2n) is 4.66. The maximum atomic E-state index is 8.91. The first-order valence-electron chi connectivity index (χ1n) is 6.49. The lowest BCUT2D eigenvalue weighted by Crippen LogP contribution is -2.03. The molecular weight excluding hydrogens is 262 g/mol. The predicted octanol–water partition coefficient (Wildman–Crippen LogP) is 2.70. The predicted molar refractivity (Wildman–Crippen MR) is 82.4 cm³/mol. The number of nitrogen functional groups attached to an aromatic ring is 1. The van der Waals surface area contributed by atoms with Crippen LogP contribution in [0.25, 0.3) is 10.9 Å². The van der Waals surface area contributed by atoms with E-state index in [9.17, 15) is 0 Å². The molecule has 0 aliphatic heterocycles. The van der Waals surface area contributed by atoms with Crippen molar-refractivity contribution in [3.63, 3.8) is 0 Å². The highest BCUT2D eigenvalue weighted by Gasteiger charge is 2.04. The molecule has 3 N–H and O–H groups in total. The molecule has 0 aliphatic carbocycles. The van der Waals surface area contributed by atoms with Crippen molar-refractivity contribution in [3.8, 4) is 6.07 Å². The summed E-state index contributed by atoms with van der Waals surface area (Å²) in [6.07, 6.45) is 1.52. The molecule has 3 rings (SSSR count). The molecule has 0 spiro atoms. The minimum Gasteiger partial charge on any atom is -0.399 e. The fourth-order valence-electron chi connectivity index (χ4n) is 2.15. The lowest BCUT2D eigenvalue weighted by Gasteiger charge is -2.09. The number of anilines is 2. The van der Waals surface area contributed by atoms with Crippen LogP contribution in [-0.2, 0) is 6.54 Å². The summed E-state index contributed by atoms with van der Waals surface area (Å²) in [5.41, 5.74) is 8.99. The fourth-order valence-corrected chi connectivity index (χ4v) is 2.15. The molecule has 21 heavy (non-hydrogen) atoms. The maximum Gasteiger partial charge on any atom is 0.137 e. The molecule has 0 fully saturated rings. The van der Waals surface area contributed by atoms with Crippen LogP contribution >= 0.6 is 0 Å². The summed E-state index contributed by atoms with van der Waals surface area (Å²) in [6.45, 7) is 0.580. The van der Waals surface area contributed by atoms with Crippen LogP contribution in [0.4, 0.5) is 11.5 Å². The molecule has 5 heteroatoms. The molecule has 3 aromatic rings. The van der Waals surface area contributed by atoms with E-state index in [0.717, 1.165) is 22.3 Å². The van der Waals surface area contributed by atoms with E-state index in [1.807, 2.05) is 36.4 Å². The Morgan fingerprint density at radius 2 is 2.05 bits per heavy atom. The number of fused-ring (bicyclic) bond motifs is 1. The Labute approximate surface area is 122 Å². The fraction of sp³-hybridized carbons (Fsp3) is 0.0625. The number of benzene rings is 2. The SMILES string of the molecule is N#Cc1cccc(CNc2ncnc3ccc(N)cc23)c1. The van der Waals surface area contributed by atoms with Gasteiger partial charge in [0, 0.05) is 17.6 Å². The Kier molecular flexibility index (Phi) is 3.36. The smallest absolute Gasteiger partial charge is 0.137 e. The van der Waals surface area contributed by atoms with Gasteiger partial charge in [-0.05, 0) is 35.9 Å². The number of hydrogen-bond acceptors (Lipinski definition) is 5. The first kappa shape index (κ1) is 12.9. The Hall–Kier alpha value is -3.13. The van der Waals surface area contributed by atoms with Gasteiger partial charge in [-0.25, -0.2) is 9.97 Å². The number of nitrogens with zero attached hydrogens (tertiary/aromatic N) is 3. The Morgan fingerprint density at radius 1 is 1.14 bits per heavy atom. The van der Waals surface area contributed by atoms with Crippen molar-refractivity contribution in [2.24, 2.45) is 0 Å². The van der Waals surface area contributed by atoms with Gasteiger partial charge in [-0.2, -0.15) is 5.26 Å². The second kappa shape index (κ2) is 5.47. The molecule has 0 saturated carbocycles. The summed E-state index contributed by atoms with van der Waals surface area (Å²) in [5, 5.41) is 13.1. The van der Waals surface area contributed by atoms with Gasteiger partial charge in [-0.1, -0.05) is 12.1 Å². The van der Waals surface area contributed by atoms with Crippen molar-refractivity contribution in [1.82, 2.24) is 9.97 Å². The minimum absolute atomic E-state index is 0.580. The number of rotatable bonds is 3. The first-order valence-corrected chi connectivity index (χ1v) is 6.49. The maximum absolute atomic E-state index is 8.91. The highest BCUT2D eigenvalue weighted by atomic mass is 15.0. The van der Waals surface area contributed by atoms with Crippen LogP contribution in [0.1, 0.15) is 11.1 Å². The summed E-state index contributed by atoms with van der Waals surface area (Å²) >= 11 is 0. The average Bonchev–Trinajstić information content (AvgIpc) is 2.53. The Bertz CT molecular complexity index is 835. The molecule has 0 radical (unpaired) electrons. The largest absolute Gasteiger partial charge is 0.399 e. The van der Waals surface area contributed by atoms with Crippen LogP contribution in [0.5, 0.6) is 0 Å². The van der Waals surface area contributed by atoms with E-state index in [1.54, 1.807) is 6.07 Å². The summed E-state index contributed by atoms with van der Waals surface area (Å²) in [6, 6.07) is 15.1. The van der Waals surface area contributed by atoms with E-state index >= 15 is 0 Å². The Balaban J connectivity index is 1.88. The molecular formula is C16H13N5. The van der Waals surface area contributed by atoms with Crippen LogP contribution in [0.15, 0.2) is 48.8 Å². The zero-order chi connectivity index (χ0) is 14.7. The van der Waals surface area contributed by atoms with Crippen molar-refractivity contribution in [3.05, 3.63) is 59.9 Å². The number of hydrogen-bond donors (Lipinski definition) is 2. The third-order valence-corrected chi connectivity index (χ3v) is 3.18. The molecule has 0 unspecified atom stereocenters. The van der Waals surface area contributed by atoms with Gasteiger partial charge in [0.2, 0.25) is 0 Å². The monoisotopic (exact) mass is 275 g/mol. The van der Waals surface area contributed by atoms with E-state index in [-0.39, 0.29) is 0 Å². The molecule has 0 bridgehead atoms. The van der Waals surface area contributed by atoms with Gasteiger partial charge in [0.25, 0.3) is 0 Å². The average molecular weight is 275 g/mol. The first-order chi connectivity index (χ1) is 10.3. The van der Waals surface area contributed by atoms with E-state index in [1.165, 1.54) is 6.33 Å². The highest BCUT2D eigenvalue weighted by Crippen LogP contribution is 2.22. The van der Waals surface area contributed by atoms with Crippen LogP contribution in [0, 0.1) is 11.3 Å². The van der Waals surface area contributed by atoms with Crippen molar-refractivity contribution >= 4 is 22.4 Å². The zero-order valence-corrected chi connectivity index (χ0v) is 11.2. The topological polar surface area (TPSA) is 87.6 Å². The van der Waals surface area contributed by atoms with Crippen molar-refractivity contribution in [2.45, 2.75) is 6.54 Å². The molecule has 0 saturated heterocycles. The normalized spacial score (nSPS) is 10.2. The number of aromatic nitrogens is 2. The summed E-state index contributed by atoms with van der Waals surface area (Å²) in [5.74, 6) is 0.731. The number of nitrogens with one attached hydrogen (secondary N) is 1.